The fourth-order valence-corrected chi connectivity index (χ4v) is 0.145. The monoisotopic (exact) mass is 164 g/mol. The number of rotatable bonds is 0. The van der Waals surface area contributed by atoms with Crippen LogP contribution in [0.1, 0.15) is 0 Å². The van der Waals surface area contributed by atoms with E-state index in [1.54, 1.807) is 0 Å². The summed E-state index contributed by atoms with van der Waals surface area (Å²) in [6, 6.07) is 0. The maximum absolute atomic E-state index is 6.47. The number of hydrogen-bond donors (Lipinski definition) is 5. The van der Waals surface area contributed by atoms with E-state index in [9.17, 15) is 0 Å². The maximum Gasteiger partial charge on any atom is 0.192 e. The van der Waals surface area contributed by atoms with Crippen molar-refractivity contribution in [3.63, 3.8) is 0 Å². The van der Waals surface area contributed by atoms with Crippen LogP contribution in [-0.2, 0) is 17.1 Å². The van der Waals surface area contributed by atoms with Gasteiger partial charge in [0, 0.05) is 17.1 Å². The minimum atomic E-state index is -0.312. The Labute approximate surface area is 57.3 Å². The van der Waals surface area contributed by atoms with Gasteiger partial charge >= 0.3 is 0 Å². The molecule has 0 aromatic carbocycles. The summed E-state index contributed by atoms with van der Waals surface area (Å²) in [5.41, 5.74) is 9.49. The molecule has 0 amide bonds. The molecule has 0 aromatic rings. The van der Waals surface area contributed by atoms with Crippen LogP contribution >= 0.6 is 0 Å². The minimum Gasteiger partial charge on any atom is -0.370 e. The Kier molecular flexibility index (Phi) is 5.68. The average molecular weight is 165 g/mol. The predicted octanol–water partition coefficient (Wildman–Crippen LogP) is -1.64. The SMILES string of the molecule is N=C(N)NC(=N)N.[Cu]. The topological polar surface area (TPSA) is 112 Å². The van der Waals surface area contributed by atoms with Crippen molar-refractivity contribution in [3.8, 4) is 0 Å². The summed E-state index contributed by atoms with van der Waals surface area (Å²) in [5.74, 6) is -0.625. The molecule has 0 unspecified atom stereocenters. The van der Waals surface area contributed by atoms with E-state index in [2.05, 4.69) is 0 Å². The predicted molar refractivity (Wildman–Crippen MR) is 27.0 cm³/mol. The number of guanidine groups is 2. The van der Waals surface area contributed by atoms with Crippen LogP contribution in [0.25, 0.3) is 0 Å². The van der Waals surface area contributed by atoms with E-state index in [0.717, 1.165) is 0 Å². The quantitative estimate of drug-likeness (QED) is 0.168. The minimum absolute atomic E-state index is 0. The van der Waals surface area contributed by atoms with Crippen LogP contribution in [0.15, 0.2) is 0 Å². The van der Waals surface area contributed by atoms with Crippen molar-refractivity contribution < 1.29 is 17.1 Å². The molecular weight excluding hydrogens is 158 g/mol. The van der Waals surface area contributed by atoms with Gasteiger partial charge in [0.25, 0.3) is 0 Å². The Bertz CT molecular complexity index is 86.6. The molecule has 0 spiro atoms. The Morgan fingerprint density at radius 2 is 1.38 bits per heavy atom. The van der Waals surface area contributed by atoms with Gasteiger partial charge in [0.1, 0.15) is 0 Å². The normalized spacial score (nSPS) is 6.50. The van der Waals surface area contributed by atoms with Gasteiger partial charge in [0.2, 0.25) is 0 Å². The molecule has 0 saturated carbocycles. The third-order valence-corrected chi connectivity index (χ3v) is 0.269. The Morgan fingerprint density at radius 1 is 1.12 bits per heavy atom. The standard InChI is InChI=1S/C2H7N5.Cu/c3-1(4)7-2(5)6;/h(H7,3,4,5,6,7);. The molecule has 0 aromatic heterocycles. The van der Waals surface area contributed by atoms with E-state index >= 15 is 0 Å². The summed E-state index contributed by atoms with van der Waals surface area (Å²) >= 11 is 0. The van der Waals surface area contributed by atoms with Crippen LogP contribution in [0.4, 0.5) is 0 Å². The van der Waals surface area contributed by atoms with Gasteiger partial charge in [-0.15, -0.1) is 0 Å². The molecule has 7 N–H and O–H groups in total. The van der Waals surface area contributed by atoms with Crippen molar-refractivity contribution in [2.24, 2.45) is 11.5 Å². The molecule has 6 heteroatoms. The molecule has 0 aliphatic carbocycles. The first kappa shape index (κ1) is 10.3. The van der Waals surface area contributed by atoms with Crippen LogP contribution in [0.2, 0.25) is 0 Å². The van der Waals surface area contributed by atoms with Gasteiger partial charge in [-0.05, 0) is 0 Å². The second kappa shape index (κ2) is 4.42. The van der Waals surface area contributed by atoms with Gasteiger partial charge in [-0.3, -0.25) is 16.1 Å². The molecule has 0 heterocycles. The summed E-state index contributed by atoms with van der Waals surface area (Å²) in [4.78, 5) is 0. The molecule has 0 saturated heterocycles. The van der Waals surface area contributed by atoms with E-state index in [1.807, 2.05) is 5.32 Å². The van der Waals surface area contributed by atoms with Gasteiger partial charge in [-0.2, -0.15) is 0 Å². The first-order valence-corrected chi connectivity index (χ1v) is 1.58. The summed E-state index contributed by atoms with van der Waals surface area (Å²) in [5, 5.41) is 15.0. The summed E-state index contributed by atoms with van der Waals surface area (Å²) in [6.07, 6.45) is 0. The van der Waals surface area contributed by atoms with E-state index in [0.29, 0.717) is 0 Å². The molecule has 5 nitrogen and oxygen atoms in total. The zero-order valence-electron chi connectivity index (χ0n) is 3.96. The summed E-state index contributed by atoms with van der Waals surface area (Å²) in [7, 11) is 0. The Morgan fingerprint density at radius 3 is 1.38 bits per heavy atom. The maximum atomic E-state index is 6.47. The Balaban J connectivity index is 0. The van der Waals surface area contributed by atoms with Crippen molar-refractivity contribution in [2.75, 3.05) is 0 Å². The van der Waals surface area contributed by atoms with Crippen molar-refractivity contribution in [1.29, 1.82) is 10.8 Å². The van der Waals surface area contributed by atoms with Gasteiger partial charge in [-0.25, -0.2) is 0 Å². The second-order valence-electron chi connectivity index (χ2n) is 0.952. The number of nitrogens with one attached hydrogen (secondary N) is 3. The molecule has 8 heavy (non-hydrogen) atoms. The zero-order chi connectivity index (χ0) is 5.86. The third kappa shape index (κ3) is 8.98. The van der Waals surface area contributed by atoms with Crippen LogP contribution in [-0.4, -0.2) is 11.9 Å². The van der Waals surface area contributed by atoms with E-state index in [4.69, 9.17) is 22.3 Å². The van der Waals surface area contributed by atoms with E-state index in [1.165, 1.54) is 0 Å². The molecule has 0 bridgehead atoms. The van der Waals surface area contributed by atoms with Gasteiger partial charge in [-0.1, -0.05) is 0 Å². The van der Waals surface area contributed by atoms with Crippen LogP contribution in [0.3, 0.4) is 0 Å². The molecule has 1 radical (unpaired) electrons. The average Bonchev–Trinajstić information content (AvgIpc) is 1.27. The molecule has 0 aliphatic rings. The summed E-state index contributed by atoms with van der Waals surface area (Å²) < 4.78 is 0. The van der Waals surface area contributed by atoms with Crippen LogP contribution in [0, 0.1) is 10.8 Å². The molecule has 51 valence electrons. The van der Waals surface area contributed by atoms with Gasteiger partial charge in [0.05, 0.1) is 0 Å². The van der Waals surface area contributed by atoms with Crippen LogP contribution < -0.4 is 16.8 Å². The van der Waals surface area contributed by atoms with Crippen molar-refractivity contribution >= 4 is 11.9 Å². The van der Waals surface area contributed by atoms with Crippen LogP contribution in [0.5, 0.6) is 0 Å². The molecule has 0 aliphatic heterocycles. The summed E-state index contributed by atoms with van der Waals surface area (Å²) in [6.45, 7) is 0. The fraction of sp³-hybridized carbons (Fsp3) is 0. The van der Waals surface area contributed by atoms with Crippen molar-refractivity contribution in [2.45, 2.75) is 0 Å². The first-order valence-electron chi connectivity index (χ1n) is 1.58. The molecule has 0 rings (SSSR count). The second-order valence-corrected chi connectivity index (χ2v) is 0.952. The number of hydrogen-bond acceptors (Lipinski definition) is 2. The van der Waals surface area contributed by atoms with Gasteiger partial charge in [0.15, 0.2) is 11.9 Å². The van der Waals surface area contributed by atoms with Gasteiger partial charge < -0.3 is 11.5 Å². The molecule has 0 atom stereocenters. The van der Waals surface area contributed by atoms with E-state index < -0.39 is 0 Å². The smallest absolute Gasteiger partial charge is 0.192 e. The fourth-order valence-electron chi connectivity index (χ4n) is 0.145. The molecular formula is C2H7CuN5. The zero-order valence-corrected chi connectivity index (χ0v) is 4.90. The first-order chi connectivity index (χ1) is 3.13. The van der Waals surface area contributed by atoms with E-state index in [-0.39, 0.29) is 29.0 Å². The largest absolute Gasteiger partial charge is 0.370 e. The third-order valence-electron chi connectivity index (χ3n) is 0.269. The Hall–Kier alpha value is -0.741. The van der Waals surface area contributed by atoms with Crippen molar-refractivity contribution in [3.05, 3.63) is 0 Å². The number of nitrogens with two attached hydrogens (primary N) is 2. The molecule has 0 fully saturated rings. The van der Waals surface area contributed by atoms with Crippen molar-refractivity contribution in [1.82, 2.24) is 5.32 Å².